The molecule has 1 saturated carbocycles. The summed E-state index contributed by atoms with van der Waals surface area (Å²) in [5.41, 5.74) is 1.04. The number of hydrogen-bond donors (Lipinski definition) is 0. The highest BCUT2D eigenvalue weighted by molar-refractivity contribution is 5.99. The Hall–Kier alpha value is -3.43. The van der Waals surface area contributed by atoms with Gasteiger partial charge in [-0.05, 0) is 56.4 Å². The minimum absolute atomic E-state index is 0.0204. The molecule has 0 spiro atoms. The van der Waals surface area contributed by atoms with Gasteiger partial charge in [0.25, 0.3) is 5.91 Å². The Bertz CT molecular complexity index is 1160. The van der Waals surface area contributed by atoms with E-state index < -0.39 is 11.9 Å². The third kappa shape index (κ3) is 3.73. The maximum atomic E-state index is 13.7. The Morgan fingerprint density at radius 2 is 1.88 bits per heavy atom. The lowest BCUT2D eigenvalue weighted by atomic mass is 9.97. The standard InChI is InChI=1S/C23H22F3N5O2/c1-13-4-3-5-17(21(13)31-28-8-9-29-31)22(32)30-14(2)15-10-18(30)19(11-15)33-16-6-7-20(27-12-16)23(24,25)26/h3-9,12,14-15,18-19H,10-11H2,1-2H3. The van der Waals surface area contributed by atoms with E-state index in [1.165, 1.54) is 10.9 Å². The summed E-state index contributed by atoms with van der Waals surface area (Å²) in [6.07, 6.45) is 0.909. The molecule has 10 heteroatoms. The number of fused-ring (bicyclic) bond motifs is 2. The molecule has 3 aromatic rings. The number of rotatable bonds is 4. The summed E-state index contributed by atoms with van der Waals surface area (Å²) in [4.78, 5) is 20.5. The molecule has 2 bridgehead atoms. The lowest BCUT2D eigenvalue weighted by Crippen LogP contribution is -2.51. The van der Waals surface area contributed by atoms with Gasteiger partial charge in [-0.3, -0.25) is 4.79 Å². The molecule has 0 N–H and O–H groups in total. The van der Waals surface area contributed by atoms with Crippen molar-refractivity contribution in [1.29, 1.82) is 0 Å². The number of nitrogens with zero attached hydrogens (tertiary/aromatic N) is 5. The predicted octanol–water partition coefficient (Wildman–Crippen LogP) is 4.06. The predicted molar refractivity (Wildman–Crippen MR) is 112 cm³/mol. The van der Waals surface area contributed by atoms with Gasteiger partial charge in [0.15, 0.2) is 0 Å². The summed E-state index contributed by atoms with van der Waals surface area (Å²) in [6, 6.07) is 7.52. The van der Waals surface area contributed by atoms with E-state index in [0.29, 0.717) is 11.3 Å². The summed E-state index contributed by atoms with van der Waals surface area (Å²) in [6.45, 7) is 3.93. The average Bonchev–Trinajstić information content (AvgIpc) is 3.50. The number of likely N-dealkylation sites (tertiary alicyclic amines) is 1. The van der Waals surface area contributed by atoms with Crippen molar-refractivity contribution in [2.75, 3.05) is 0 Å². The molecule has 1 saturated heterocycles. The van der Waals surface area contributed by atoms with Crippen LogP contribution < -0.4 is 4.74 Å². The van der Waals surface area contributed by atoms with Crippen molar-refractivity contribution in [1.82, 2.24) is 24.9 Å². The molecule has 4 atom stereocenters. The highest BCUT2D eigenvalue weighted by atomic mass is 19.4. The number of hydrogen-bond acceptors (Lipinski definition) is 5. The van der Waals surface area contributed by atoms with E-state index in [0.717, 1.165) is 30.7 Å². The number of alkyl halides is 3. The van der Waals surface area contributed by atoms with Gasteiger partial charge in [0.05, 0.1) is 30.2 Å². The van der Waals surface area contributed by atoms with Gasteiger partial charge in [-0.1, -0.05) is 12.1 Å². The highest BCUT2D eigenvalue weighted by Gasteiger charge is 2.53. The second-order valence-corrected chi connectivity index (χ2v) is 8.57. The van der Waals surface area contributed by atoms with Gasteiger partial charge in [0.1, 0.15) is 23.2 Å². The minimum atomic E-state index is -4.50. The van der Waals surface area contributed by atoms with Crippen LogP contribution in [0.1, 0.15) is 41.4 Å². The van der Waals surface area contributed by atoms with Crippen LogP contribution in [0.2, 0.25) is 0 Å². The van der Waals surface area contributed by atoms with Crippen LogP contribution in [0.5, 0.6) is 5.75 Å². The number of benzene rings is 1. The second-order valence-electron chi connectivity index (χ2n) is 8.57. The molecule has 5 rings (SSSR count). The number of aromatic nitrogens is 4. The number of amides is 1. The third-order valence-electron chi connectivity index (χ3n) is 6.62. The molecule has 3 heterocycles. The van der Waals surface area contributed by atoms with E-state index in [2.05, 4.69) is 15.2 Å². The lowest BCUT2D eigenvalue weighted by Gasteiger charge is -2.38. The topological polar surface area (TPSA) is 73.1 Å². The first-order valence-electron chi connectivity index (χ1n) is 10.7. The number of aryl methyl sites for hydroxylation is 1. The number of halogens is 3. The van der Waals surface area contributed by atoms with E-state index >= 15 is 0 Å². The number of ether oxygens (including phenoxy) is 1. The molecule has 2 fully saturated rings. The smallest absolute Gasteiger partial charge is 0.433 e. The molecule has 1 amide bonds. The Kier molecular flexibility index (Phi) is 5.10. The minimum Gasteiger partial charge on any atom is -0.487 e. The van der Waals surface area contributed by atoms with Crippen LogP contribution in [0.3, 0.4) is 0 Å². The van der Waals surface area contributed by atoms with Crippen molar-refractivity contribution < 1.29 is 22.7 Å². The molecule has 1 aliphatic heterocycles. The zero-order chi connectivity index (χ0) is 23.3. The largest absolute Gasteiger partial charge is 0.487 e. The molecule has 1 aliphatic carbocycles. The van der Waals surface area contributed by atoms with Crippen LogP contribution >= 0.6 is 0 Å². The maximum absolute atomic E-state index is 13.7. The Balaban J connectivity index is 1.40. The SMILES string of the molecule is Cc1cccc(C(=O)N2C(C)C3CC(Oc4ccc(C(F)(F)F)nc4)C2C3)c1-n1nccn1. The van der Waals surface area contributed by atoms with E-state index in [1.807, 2.05) is 30.9 Å². The van der Waals surface area contributed by atoms with Crippen molar-refractivity contribution in [2.45, 2.75) is 51.1 Å². The Morgan fingerprint density at radius 3 is 2.52 bits per heavy atom. The summed E-state index contributed by atoms with van der Waals surface area (Å²) in [5, 5.41) is 8.40. The monoisotopic (exact) mass is 457 g/mol. The van der Waals surface area contributed by atoms with Crippen LogP contribution in [-0.2, 0) is 6.18 Å². The van der Waals surface area contributed by atoms with E-state index in [1.54, 1.807) is 18.5 Å². The van der Waals surface area contributed by atoms with Crippen molar-refractivity contribution in [2.24, 2.45) is 5.92 Å². The van der Waals surface area contributed by atoms with E-state index in [-0.39, 0.29) is 35.8 Å². The molecule has 0 radical (unpaired) electrons. The van der Waals surface area contributed by atoms with E-state index in [9.17, 15) is 18.0 Å². The fourth-order valence-electron chi connectivity index (χ4n) is 5.05. The first-order chi connectivity index (χ1) is 15.7. The normalized spacial score (nSPS) is 24.3. The molecule has 4 unspecified atom stereocenters. The zero-order valence-electron chi connectivity index (χ0n) is 18.0. The average molecular weight is 457 g/mol. The fourth-order valence-corrected chi connectivity index (χ4v) is 5.05. The molecule has 1 aromatic carbocycles. The first kappa shape index (κ1) is 21.4. The summed E-state index contributed by atoms with van der Waals surface area (Å²) in [7, 11) is 0. The molecular formula is C23H22F3N5O2. The zero-order valence-corrected chi connectivity index (χ0v) is 18.0. The molecular weight excluding hydrogens is 435 g/mol. The third-order valence-corrected chi connectivity index (χ3v) is 6.62. The first-order valence-corrected chi connectivity index (χ1v) is 10.7. The van der Waals surface area contributed by atoms with Gasteiger partial charge in [0, 0.05) is 6.04 Å². The van der Waals surface area contributed by atoms with Crippen LogP contribution in [0.25, 0.3) is 5.69 Å². The van der Waals surface area contributed by atoms with Gasteiger partial charge in [-0.25, -0.2) is 4.98 Å². The van der Waals surface area contributed by atoms with Crippen molar-refractivity contribution in [3.8, 4) is 11.4 Å². The number of para-hydroxylation sites is 1. The second kappa shape index (κ2) is 7.86. The Labute approximate surface area is 188 Å². The van der Waals surface area contributed by atoms with Gasteiger partial charge < -0.3 is 9.64 Å². The molecule has 33 heavy (non-hydrogen) atoms. The van der Waals surface area contributed by atoms with Gasteiger partial charge >= 0.3 is 6.18 Å². The maximum Gasteiger partial charge on any atom is 0.433 e. The van der Waals surface area contributed by atoms with Crippen LogP contribution in [0.15, 0.2) is 48.9 Å². The number of pyridine rings is 1. The van der Waals surface area contributed by atoms with Crippen LogP contribution in [0, 0.1) is 12.8 Å². The van der Waals surface area contributed by atoms with Crippen molar-refractivity contribution in [3.05, 3.63) is 65.7 Å². The van der Waals surface area contributed by atoms with Crippen LogP contribution in [-0.4, -0.2) is 49.0 Å². The van der Waals surface area contributed by atoms with Gasteiger partial charge in [0.2, 0.25) is 0 Å². The van der Waals surface area contributed by atoms with Crippen molar-refractivity contribution >= 4 is 5.91 Å². The summed E-state index contributed by atoms with van der Waals surface area (Å²) >= 11 is 0. The fraction of sp³-hybridized carbons (Fsp3) is 0.391. The molecule has 7 nitrogen and oxygen atoms in total. The molecule has 2 aromatic heterocycles. The number of carbonyl (C=O) groups is 1. The van der Waals surface area contributed by atoms with Crippen molar-refractivity contribution in [3.63, 3.8) is 0 Å². The Morgan fingerprint density at radius 1 is 1.12 bits per heavy atom. The lowest BCUT2D eigenvalue weighted by molar-refractivity contribution is -0.141. The molecule has 2 aliphatic rings. The highest BCUT2D eigenvalue weighted by Crippen LogP contribution is 2.45. The number of piperidine rings is 1. The quantitative estimate of drug-likeness (QED) is 0.591. The van der Waals surface area contributed by atoms with Gasteiger partial charge in [-0.15, -0.1) is 0 Å². The van der Waals surface area contributed by atoms with E-state index in [4.69, 9.17) is 4.74 Å². The summed E-state index contributed by atoms with van der Waals surface area (Å²) < 4.78 is 44.4. The van der Waals surface area contributed by atoms with Crippen LogP contribution in [0.4, 0.5) is 13.2 Å². The van der Waals surface area contributed by atoms with Gasteiger partial charge in [-0.2, -0.15) is 28.2 Å². The molecule has 172 valence electrons. The summed E-state index contributed by atoms with van der Waals surface area (Å²) in [5.74, 6) is 0.380. The number of carbonyl (C=O) groups excluding carboxylic acids is 1.